The number of allylic oxidation sites excluding steroid dienone is 1. The summed E-state index contributed by atoms with van der Waals surface area (Å²) in [4.78, 5) is 13.5. The van der Waals surface area contributed by atoms with E-state index in [1.54, 1.807) is 0 Å². The van der Waals surface area contributed by atoms with Crippen molar-refractivity contribution in [3.05, 3.63) is 34.0 Å². The smallest absolute Gasteiger partial charge is 0.348 e. The van der Waals surface area contributed by atoms with Crippen molar-refractivity contribution in [1.29, 1.82) is 5.26 Å². The highest BCUT2D eigenvalue weighted by molar-refractivity contribution is 7.13. The fraction of sp³-hybridized carbons (Fsp3) is 0.680. The van der Waals surface area contributed by atoms with Gasteiger partial charge in [-0.25, -0.2) is 4.79 Å². The molecule has 4 nitrogen and oxygen atoms in total. The number of rotatable bonds is 10. The lowest BCUT2D eigenvalue weighted by atomic mass is 9.63. The average Bonchev–Trinajstić information content (AvgIpc) is 3.34. The molecule has 0 aliphatic heterocycles. The first-order valence-electron chi connectivity index (χ1n) is 11.4. The van der Waals surface area contributed by atoms with E-state index in [2.05, 4.69) is 25.1 Å². The second-order valence-electron chi connectivity index (χ2n) is 9.05. The summed E-state index contributed by atoms with van der Waals surface area (Å²) in [5.41, 5.74) is 0.137. The number of ether oxygens (including phenoxy) is 1. The monoisotopic (exact) mass is 429 g/mol. The third kappa shape index (κ3) is 5.15. The Morgan fingerprint density at radius 1 is 1.43 bits per heavy atom. The maximum Gasteiger partial charge on any atom is 0.348 e. The molecular weight excluding hydrogens is 394 g/mol. The second-order valence-corrected chi connectivity index (χ2v) is 10.2. The number of hydrogen-bond donors (Lipinski definition) is 1. The molecule has 0 aromatic carbocycles. The van der Waals surface area contributed by atoms with Crippen molar-refractivity contribution in [3.8, 4) is 6.07 Å². The van der Waals surface area contributed by atoms with Crippen molar-refractivity contribution in [1.82, 2.24) is 0 Å². The second kappa shape index (κ2) is 10.6. The molecule has 5 heteroatoms. The van der Waals surface area contributed by atoms with Gasteiger partial charge in [0.15, 0.2) is 0 Å². The number of thiophene rings is 1. The molecule has 0 saturated heterocycles. The van der Waals surface area contributed by atoms with E-state index in [4.69, 9.17) is 4.74 Å². The number of hydrogen-bond acceptors (Lipinski definition) is 5. The van der Waals surface area contributed by atoms with Crippen LogP contribution in [-0.4, -0.2) is 24.3 Å². The van der Waals surface area contributed by atoms with E-state index < -0.39 is 0 Å². The average molecular weight is 430 g/mol. The Bertz CT molecular complexity index is 768. The summed E-state index contributed by atoms with van der Waals surface area (Å²) in [6.45, 7) is 2.19. The standard InChI is InChI=1S/C25H35NO3S/c1-3-25(15-6-16-25)23(27)10-5-9-21-18(11-12-19(21)17-26)7-4-8-20-13-14-22(30-20)24(28)29-2/h5,9,13-14,18-19,21,23,27H,3-4,6-8,10-12,15-16H2,1-2H3/b9-5+/t18-,19+,21+,23?/m0/s1. The SMILES string of the molecule is CCC1(C(O)C/C=C/[C@@H]2[C@@H](CCCc3ccc(C(=O)OC)s3)CC[C@@H]2C#N)CCC1. The van der Waals surface area contributed by atoms with E-state index in [1.807, 2.05) is 12.1 Å². The van der Waals surface area contributed by atoms with Gasteiger partial charge in [0.25, 0.3) is 0 Å². The largest absolute Gasteiger partial charge is 0.465 e. The number of carbonyl (C=O) groups excluding carboxylic acids is 1. The third-order valence-electron chi connectivity index (χ3n) is 7.55. The zero-order chi connectivity index (χ0) is 21.6. The molecule has 2 aliphatic carbocycles. The van der Waals surface area contributed by atoms with E-state index in [1.165, 1.54) is 29.7 Å². The molecule has 1 aromatic heterocycles. The highest BCUT2D eigenvalue weighted by Crippen LogP contribution is 2.48. The minimum Gasteiger partial charge on any atom is -0.465 e. The quantitative estimate of drug-likeness (QED) is 0.371. The number of aliphatic hydroxyl groups is 1. The molecule has 1 N–H and O–H groups in total. The number of carbonyl (C=O) groups is 1. The third-order valence-corrected chi connectivity index (χ3v) is 8.67. The number of esters is 1. The Morgan fingerprint density at radius 3 is 2.87 bits per heavy atom. The van der Waals surface area contributed by atoms with Crippen molar-refractivity contribution in [2.75, 3.05) is 7.11 Å². The summed E-state index contributed by atoms with van der Waals surface area (Å²) in [6.07, 6.45) is 14.6. The van der Waals surface area contributed by atoms with Crippen LogP contribution in [0.2, 0.25) is 0 Å². The fourth-order valence-corrected chi connectivity index (χ4v) is 6.28. The normalized spacial score (nSPS) is 26.3. The predicted octanol–water partition coefficient (Wildman–Crippen LogP) is 5.91. The van der Waals surface area contributed by atoms with Crippen LogP contribution in [0.3, 0.4) is 0 Å². The van der Waals surface area contributed by atoms with Crippen LogP contribution in [0, 0.1) is 34.5 Å². The van der Waals surface area contributed by atoms with Crippen LogP contribution in [-0.2, 0) is 11.2 Å². The zero-order valence-electron chi connectivity index (χ0n) is 18.3. The van der Waals surface area contributed by atoms with Gasteiger partial charge in [-0.1, -0.05) is 25.5 Å². The van der Waals surface area contributed by atoms with Crippen molar-refractivity contribution in [2.45, 2.75) is 77.2 Å². The minimum atomic E-state index is -0.266. The molecule has 0 amide bonds. The Kier molecular flexibility index (Phi) is 8.13. The number of nitrogens with zero attached hydrogens (tertiary/aromatic N) is 1. The molecule has 3 rings (SSSR count). The highest BCUT2D eigenvalue weighted by atomic mass is 32.1. The fourth-order valence-electron chi connectivity index (χ4n) is 5.31. The zero-order valence-corrected chi connectivity index (χ0v) is 19.1. The summed E-state index contributed by atoms with van der Waals surface area (Å²) in [5, 5.41) is 20.2. The van der Waals surface area contributed by atoms with Crippen LogP contribution in [0.1, 0.15) is 79.3 Å². The van der Waals surface area contributed by atoms with Crippen LogP contribution >= 0.6 is 11.3 Å². The lowest BCUT2D eigenvalue weighted by Gasteiger charge is -2.45. The number of aliphatic hydroxyl groups excluding tert-OH is 1. The lowest BCUT2D eigenvalue weighted by molar-refractivity contribution is -0.0355. The molecule has 0 radical (unpaired) electrons. The summed E-state index contributed by atoms with van der Waals surface area (Å²) in [5.74, 6) is 0.667. The molecular formula is C25H35NO3S. The first kappa shape index (κ1) is 23.0. The van der Waals surface area contributed by atoms with Crippen LogP contribution in [0.4, 0.5) is 0 Å². The van der Waals surface area contributed by atoms with E-state index in [-0.39, 0.29) is 23.4 Å². The number of nitriles is 1. The Balaban J connectivity index is 1.50. The summed E-state index contributed by atoms with van der Waals surface area (Å²) in [6, 6.07) is 6.38. The highest BCUT2D eigenvalue weighted by Gasteiger charge is 2.41. The minimum absolute atomic E-state index is 0.0971. The predicted molar refractivity (Wildman–Crippen MR) is 120 cm³/mol. The summed E-state index contributed by atoms with van der Waals surface area (Å²) < 4.78 is 4.78. The van der Waals surface area contributed by atoms with Crippen LogP contribution in [0.15, 0.2) is 24.3 Å². The first-order chi connectivity index (χ1) is 14.5. The topological polar surface area (TPSA) is 70.3 Å². The molecule has 1 unspecified atom stereocenters. The molecule has 1 aromatic rings. The lowest BCUT2D eigenvalue weighted by Crippen LogP contribution is -2.40. The Hall–Kier alpha value is -1.64. The molecule has 4 atom stereocenters. The number of methoxy groups -OCH3 is 1. The molecule has 0 spiro atoms. The van der Waals surface area contributed by atoms with Gasteiger partial charge in [0.05, 0.1) is 25.2 Å². The van der Waals surface area contributed by atoms with Gasteiger partial charge < -0.3 is 9.84 Å². The summed E-state index contributed by atoms with van der Waals surface area (Å²) >= 11 is 1.51. The molecule has 2 saturated carbocycles. The van der Waals surface area contributed by atoms with Crippen LogP contribution in [0.5, 0.6) is 0 Å². The molecule has 0 bridgehead atoms. The van der Waals surface area contributed by atoms with Crippen molar-refractivity contribution < 1.29 is 14.6 Å². The molecule has 2 aliphatic rings. The van der Waals surface area contributed by atoms with E-state index in [0.29, 0.717) is 23.1 Å². The Morgan fingerprint density at radius 2 is 2.23 bits per heavy atom. The molecule has 30 heavy (non-hydrogen) atoms. The van der Waals surface area contributed by atoms with Gasteiger partial charge in [-0.2, -0.15) is 5.26 Å². The summed E-state index contributed by atoms with van der Waals surface area (Å²) in [7, 11) is 1.41. The number of aryl methyl sites for hydroxylation is 1. The van der Waals surface area contributed by atoms with Crippen molar-refractivity contribution >= 4 is 17.3 Å². The van der Waals surface area contributed by atoms with Crippen molar-refractivity contribution in [3.63, 3.8) is 0 Å². The molecule has 164 valence electrons. The van der Waals surface area contributed by atoms with Gasteiger partial charge in [0.2, 0.25) is 0 Å². The maximum absolute atomic E-state index is 11.6. The van der Waals surface area contributed by atoms with E-state index in [9.17, 15) is 15.2 Å². The van der Waals surface area contributed by atoms with Crippen LogP contribution < -0.4 is 0 Å². The van der Waals surface area contributed by atoms with Crippen molar-refractivity contribution in [2.24, 2.45) is 23.2 Å². The first-order valence-corrected chi connectivity index (χ1v) is 12.3. The maximum atomic E-state index is 11.6. The Labute approximate surface area is 184 Å². The van der Waals surface area contributed by atoms with Gasteiger partial charge in [0.1, 0.15) is 4.88 Å². The molecule has 1 heterocycles. The van der Waals surface area contributed by atoms with Gasteiger partial charge >= 0.3 is 5.97 Å². The van der Waals surface area contributed by atoms with Gasteiger partial charge in [-0.05, 0) is 87.2 Å². The van der Waals surface area contributed by atoms with E-state index in [0.717, 1.165) is 51.4 Å². The van der Waals surface area contributed by atoms with Gasteiger partial charge in [-0.3, -0.25) is 0 Å². The van der Waals surface area contributed by atoms with Gasteiger partial charge in [-0.15, -0.1) is 11.3 Å². The van der Waals surface area contributed by atoms with Crippen LogP contribution in [0.25, 0.3) is 0 Å². The molecule has 2 fully saturated rings. The van der Waals surface area contributed by atoms with E-state index >= 15 is 0 Å². The van der Waals surface area contributed by atoms with Gasteiger partial charge in [0, 0.05) is 4.88 Å².